The fourth-order valence-electron chi connectivity index (χ4n) is 2.52. The van der Waals surface area contributed by atoms with E-state index in [1.54, 1.807) is 0 Å². The van der Waals surface area contributed by atoms with Gasteiger partial charge in [-0.05, 0) is 93.4 Å². The van der Waals surface area contributed by atoms with E-state index in [-0.39, 0.29) is 0 Å². The van der Waals surface area contributed by atoms with Crippen LogP contribution in [0.1, 0.15) is 93.4 Å². The number of hydrogen-bond acceptors (Lipinski definition) is 0. The minimum atomic E-state index is 1.03. The molecule has 0 saturated heterocycles. The maximum atomic E-state index is 3.90. The van der Waals surface area contributed by atoms with Gasteiger partial charge in [-0.15, -0.1) is 0 Å². The first-order valence-electron chi connectivity index (χ1n) is 11.3. The lowest BCUT2D eigenvalue weighted by Gasteiger charge is -2.00. The van der Waals surface area contributed by atoms with Gasteiger partial charge in [0.2, 0.25) is 0 Å². The van der Waals surface area contributed by atoms with Gasteiger partial charge in [0.15, 0.2) is 0 Å². The van der Waals surface area contributed by atoms with E-state index in [4.69, 9.17) is 0 Å². The molecule has 0 nitrogen and oxygen atoms in total. The van der Waals surface area contributed by atoms with Crippen LogP contribution >= 0.6 is 0 Å². The van der Waals surface area contributed by atoms with Gasteiger partial charge >= 0.3 is 0 Å². The molecule has 0 radical (unpaired) electrons. The zero-order valence-corrected chi connectivity index (χ0v) is 21.1. The van der Waals surface area contributed by atoms with E-state index in [0.717, 1.165) is 37.7 Å². The molecule has 168 valence electrons. The highest BCUT2D eigenvalue weighted by Crippen LogP contribution is 2.11. The lowest BCUT2D eigenvalue weighted by Crippen LogP contribution is -1.79. The summed E-state index contributed by atoms with van der Waals surface area (Å²) >= 11 is 0. The SMILES string of the molecule is C=C/C(C)=C/C/C=C(\C)CCC=C(C)C.C=CC(=C)CC/C=C(\C)CCC=C(C)C. The van der Waals surface area contributed by atoms with Crippen LogP contribution < -0.4 is 0 Å². The van der Waals surface area contributed by atoms with Gasteiger partial charge in [0.05, 0.1) is 0 Å². The second kappa shape index (κ2) is 20.2. The van der Waals surface area contributed by atoms with Crippen LogP contribution in [0.2, 0.25) is 0 Å². The first kappa shape index (κ1) is 30.1. The Labute approximate surface area is 189 Å². The Morgan fingerprint density at radius 3 is 1.47 bits per heavy atom. The van der Waals surface area contributed by atoms with Crippen LogP contribution in [0.5, 0.6) is 0 Å². The molecule has 0 N–H and O–H groups in total. The number of rotatable bonds is 13. The summed E-state index contributed by atoms with van der Waals surface area (Å²) in [5, 5.41) is 0. The summed E-state index contributed by atoms with van der Waals surface area (Å²) in [5.74, 6) is 0. The van der Waals surface area contributed by atoms with Crippen molar-refractivity contribution < 1.29 is 0 Å². The van der Waals surface area contributed by atoms with Crippen molar-refractivity contribution in [1.29, 1.82) is 0 Å². The Kier molecular flexibility index (Phi) is 20.3. The van der Waals surface area contributed by atoms with Crippen molar-refractivity contribution in [3.05, 3.63) is 95.7 Å². The Morgan fingerprint density at radius 2 is 1.03 bits per heavy atom. The van der Waals surface area contributed by atoms with E-state index in [9.17, 15) is 0 Å². The molecular weight excluding hydrogens is 360 g/mol. The Hall–Kier alpha value is -2.08. The van der Waals surface area contributed by atoms with Gasteiger partial charge in [-0.1, -0.05) is 95.7 Å². The normalized spacial score (nSPS) is 11.8. The van der Waals surface area contributed by atoms with Crippen molar-refractivity contribution in [3.63, 3.8) is 0 Å². The van der Waals surface area contributed by atoms with Crippen LogP contribution in [-0.4, -0.2) is 0 Å². The van der Waals surface area contributed by atoms with Crippen LogP contribution in [-0.2, 0) is 0 Å². The highest BCUT2D eigenvalue weighted by atomic mass is 14.0. The van der Waals surface area contributed by atoms with Crippen molar-refractivity contribution >= 4 is 0 Å². The van der Waals surface area contributed by atoms with Gasteiger partial charge in [0.25, 0.3) is 0 Å². The third-order valence-electron chi connectivity index (χ3n) is 4.66. The van der Waals surface area contributed by atoms with E-state index in [0.29, 0.717) is 0 Å². The lowest BCUT2D eigenvalue weighted by molar-refractivity contribution is 0.929. The first-order chi connectivity index (χ1) is 14.1. The van der Waals surface area contributed by atoms with Crippen LogP contribution in [0, 0.1) is 0 Å². The smallest absolute Gasteiger partial charge is 0.0161 e. The zero-order valence-electron chi connectivity index (χ0n) is 21.1. The maximum absolute atomic E-state index is 3.90. The molecule has 0 aliphatic carbocycles. The fraction of sp³-hybridized carbons (Fsp3) is 0.467. The highest BCUT2D eigenvalue weighted by molar-refractivity contribution is 5.15. The van der Waals surface area contributed by atoms with Crippen molar-refractivity contribution in [2.45, 2.75) is 93.4 Å². The molecule has 0 spiro atoms. The van der Waals surface area contributed by atoms with Gasteiger partial charge in [-0.2, -0.15) is 0 Å². The highest BCUT2D eigenvalue weighted by Gasteiger charge is 1.91. The third-order valence-corrected chi connectivity index (χ3v) is 4.66. The third kappa shape index (κ3) is 24.0. The predicted molar refractivity (Wildman–Crippen MR) is 142 cm³/mol. The molecular formula is C30H48. The van der Waals surface area contributed by atoms with Crippen LogP contribution in [0.3, 0.4) is 0 Å². The van der Waals surface area contributed by atoms with Gasteiger partial charge in [0.1, 0.15) is 0 Å². The molecule has 0 amide bonds. The summed E-state index contributed by atoms with van der Waals surface area (Å²) in [6.07, 6.45) is 22.9. The zero-order chi connectivity index (χ0) is 23.4. The van der Waals surface area contributed by atoms with Gasteiger partial charge in [-0.3, -0.25) is 0 Å². The van der Waals surface area contributed by atoms with Gasteiger partial charge in [0, 0.05) is 0 Å². The summed E-state index contributed by atoms with van der Waals surface area (Å²) in [6.45, 7) is 26.4. The van der Waals surface area contributed by atoms with Crippen LogP contribution in [0.15, 0.2) is 95.7 Å². The molecule has 0 heterocycles. The van der Waals surface area contributed by atoms with E-state index in [1.165, 1.54) is 40.7 Å². The summed E-state index contributed by atoms with van der Waals surface area (Å²) in [7, 11) is 0. The maximum Gasteiger partial charge on any atom is -0.0161 e. The fourth-order valence-corrected chi connectivity index (χ4v) is 2.52. The van der Waals surface area contributed by atoms with E-state index in [2.05, 4.69) is 98.6 Å². The Morgan fingerprint density at radius 1 is 0.567 bits per heavy atom. The van der Waals surface area contributed by atoms with E-state index in [1.807, 2.05) is 12.2 Å². The van der Waals surface area contributed by atoms with Crippen LogP contribution in [0.4, 0.5) is 0 Å². The van der Waals surface area contributed by atoms with E-state index < -0.39 is 0 Å². The molecule has 0 aliphatic rings. The van der Waals surface area contributed by atoms with Crippen molar-refractivity contribution in [3.8, 4) is 0 Å². The van der Waals surface area contributed by atoms with Gasteiger partial charge in [-0.25, -0.2) is 0 Å². The topological polar surface area (TPSA) is 0 Å². The minimum Gasteiger partial charge on any atom is -0.0988 e. The summed E-state index contributed by atoms with van der Waals surface area (Å²) in [6, 6.07) is 0. The molecule has 30 heavy (non-hydrogen) atoms. The van der Waals surface area contributed by atoms with Gasteiger partial charge < -0.3 is 0 Å². The summed E-state index contributed by atoms with van der Waals surface area (Å²) in [4.78, 5) is 0. The van der Waals surface area contributed by atoms with Crippen molar-refractivity contribution in [2.24, 2.45) is 0 Å². The largest absolute Gasteiger partial charge is 0.0988 e. The molecule has 0 aromatic rings. The van der Waals surface area contributed by atoms with Crippen LogP contribution in [0.25, 0.3) is 0 Å². The van der Waals surface area contributed by atoms with Crippen molar-refractivity contribution in [2.75, 3.05) is 0 Å². The number of allylic oxidation sites excluding steroid dienone is 13. The summed E-state index contributed by atoms with van der Waals surface area (Å²) < 4.78 is 0. The molecule has 0 fully saturated rings. The first-order valence-corrected chi connectivity index (χ1v) is 11.3. The molecule has 0 bridgehead atoms. The molecule has 0 aliphatic heterocycles. The summed E-state index contributed by atoms with van der Waals surface area (Å²) in [5.41, 5.74) is 8.14. The average molecular weight is 409 g/mol. The molecule has 0 aromatic carbocycles. The number of hydrogen-bond donors (Lipinski definition) is 0. The minimum absolute atomic E-state index is 1.03. The Bertz CT molecular complexity index is 648. The predicted octanol–water partition coefficient (Wildman–Crippen LogP) is 10.4. The lowest BCUT2D eigenvalue weighted by atomic mass is 10.1. The molecule has 0 heteroatoms. The molecule has 0 unspecified atom stereocenters. The molecule has 0 rings (SSSR count). The quantitative estimate of drug-likeness (QED) is 0.210. The Balaban J connectivity index is 0. The molecule has 0 atom stereocenters. The second-order valence-electron chi connectivity index (χ2n) is 8.53. The second-order valence-corrected chi connectivity index (χ2v) is 8.53. The van der Waals surface area contributed by atoms with E-state index >= 15 is 0 Å². The standard InChI is InChI=1S/2C15H24/c2*1-6-14(4)10-8-12-15(5)11-7-9-13(2)3/h6,9-10,12H,1,7-8,11H2,2-5H3;6,9,12H,1,4,7-8,10-11H2,2-3,5H3/b14-10+,15-12+;15-12+. The molecule has 0 aromatic heterocycles. The average Bonchev–Trinajstić information content (AvgIpc) is 2.67. The molecule has 0 saturated carbocycles. The monoisotopic (exact) mass is 408 g/mol. The van der Waals surface area contributed by atoms with Crippen molar-refractivity contribution in [1.82, 2.24) is 0 Å².